The first-order valence-corrected chi connectivity index (χ1v) is 12.3. The van der Waals surface area contributed by atoms with Crippen LogP contribution >= 0.6 is 0 Å². The van der Waals surface area contributed by atoms with E-state index in [0.29, 0.717) is 12.0 Å². The molecule has 0 bridgehead atoms. The van der Waals surface area contributed by atoms with Gasteiger partial charge < -0.3 is 14.6 Å². The predicted molar refractivity (Wildman–Crippen MR) is 132 cm³/mol. The molecular formula is C28H36FN3O. The van der Waals surface area contributed by atoms with E-state index in [0.717, 1.165) is 68.9 Å². The van der Waals surface area contributed by atoms with Gasteiger partial charge in [-0.05, 0) is 60.2 Å². The topological polar surface area (TPSA) is 39.1 Å². The van der Waals surface area contributed by atoms with Crippen LogP contribution < -0.4 is 10.1 Å². The van der Waals surface area contributed by atoms with Crippen LogP contribution in [0.2, 0.25) is 0 Å². The molecule has 0 spiro atoms. The number of imidazole rings is 1. The van der Waals surface area contributed by atoms with Crippen LogP contribution in [0.15, 0.2) is 48.7 Å². The van der Waals surface area contributed by atoms with Crippen molar-refractivity contribution in [2.75, 3.05) is 6.61 Å². The van der Waals surface area contributed by atoms with Crippen molar-refractivity contribution in [1.29, 1.82) is 0 Å². The van der Waals surface area contributed by atoms with Gasteiger partial charge in [-0.3, -0.25) is 0 Å². The molecule has 1 unspecified atom stereocenters. The average Bonchev–Trinajstić information content (AvgIpc) is 3.42. The molecule has 2 aromatic carbocycles. The van der Waals surface area contributed by atoms with Crippen molar-refractivity contribution >= 4 is 0 Å². The summed E-state index contributed by atoms with van der Waals surface area (Å²) < 4.78 is 21.4. The van der Waals surface area contributed by atoms with E-state index in [1.54, 1.807) is 0 Å². The summed E-state index contributed by atoms with van der Waals surface area (Å²) in [6.45, 7) is 9.33. The molecule has 1 N–H and O–H groups in total. The zero-order valence-corrected chi connectivity index (χ0v) is 20.1. The highest BCUT2D eigenvalue weighted by Crippen LogP contribution is 2.26. The Hall–Kier alpha value is -2.66. The molecule has 2 heterocycles. The standard InChI is InChI=1S/C28H36FN3O/c1-4-5-13-32-26(19-31-28(32)22-7-9-24(29)10-8-22)17-25(15-20(2)3)30-18-21-6-11-27-23(16-21)12-14-33-27/h6-11,16,19-20,25,30H,4-5,12-15,17-18H2,1-3H3. The van der Waals surface area contributed by atoms with Crippen molar-refractivity contribution in [1.82, 2.24) is 14.9 Å². The number of ether oxygens (including phenoxy) is 1. The number of benzene rings is 2. The first kappa shape index (κ1) is 23.5. The van der Waals surface area contributed by atoms with Gasteiger partial charge in [0.2, 0.25) is 0 Å². The Morgan fingerprint density at radius 3 is 2.73 bits per heavy atom. The van der Waals surface area contributed by atoms with Gasteiger partial charge in [0, 0.05) is 49.4 Å². The number of halogens is 1. The first-order valence-electron chi connectivity index (χ1n) is 12.3. The van der Waals surface area contributed by atoms with Gasteiger partial charge in [0.1, 0.15) is 17.4 Å². The van der Waals surface area contributed by atoms with Gasteiger partial charge in [-0.15, -0.1) is 0 Å². The fourth-order valence-electron chi connectivity index (χ4n) is 4.64. The maximum atomic E-state index is 13.5. The third-order valence-electron chi connectivity index (χ3n) is 6.34. The summed E-state index contributed by atoms with van der Waals surface area (Å²) in [5, 5.41) is 3.82. The number of unbranched alkanes of at least 4 members (excludes halogenated alkanes) is 1. The molecule has 3 aromatic rings. The second kappa shape index (κ2) is 11.0. The smallest absolute Gasteiger partial charge is 0.140 e. The monoisotopic (exact) mass is 449 g/mol. The quantitative estimate of drug-likeness (QED) is 0.380. The maximum Gasteiger partial charge on any atom is 0.140 e. The lowest BCUT2D eigenvalue weighted by atomic mass is 9.99. The molecule has 4 rings (SSSR count). The molecule has 0 radical (unpaired) electrons. The lowest BCUT2D eigenvalue weighted by Gasteiger charge is -2.22. The molecule has 0 saturated carbocycles. The minimum absolute atomic E-state index is 0.218. The SMILES string of the molecule is CCCCn1c(CC(CC(C)C)NCc2ccc3c(c2)CCO3)cnc1-c1ccc(F)cc1. The van der Waals surface area contributed by atoms with Gasteiger partial charge in [0.15, 0.2) is 0 Å². The summed E-state index contributed by atoms with van der Waals surface area (Å²) in [5.41, 5.74) is 4.83. The van der Waals surface area contributed by atoms with Crippen molar-refractivity contribution in [2.45, 2.75) is 72.0 Å². The Morgan fingerprint density at radius 2 is 1.97 bits per heavy atom. The summed E-state index contributed by atoms with van der Waals surface area (Å²) in [5.74, 6) is 2.34. The van der Waals surface area contributed by atoms with Crippen LogP contribution in [-0.4, -0.2) is 22.2 Å². The molecule has 0 amide bonds. The maximum absolute atomic E-state index is 13.5. The van der Waals surface area contributed by atoms with Crippen LogP contribution in [0, 0.1) is 11.7 Å². The van der Waals surface area contributed by atoms with Crippen LogP contribution in [0.1, 0.15) is 56.9 Å². The third-order valence-corrected chi connectivity index (χ3v) is 6.34. The molecule has 1 aliphatic rings. The lowest BCUT2D eigenvalue weighted by Crippen LogP contribution is -2.33. The van der Waals surface area contributed by atoms with Gasteiger partial charge in [-0.2, -0.15) is 0 Å². The average molecular weight is 450 g/mol. The van der Waals surface area contributed by atoms with E-state index in [4.69, 9.17) is 9.72 Å². The van der Waals surface area contributed by atoms with E-state index in [-0.39, 0.29) is 5.82 Å². The Kier molecular flexibility index (Phi) is 7.81. The van der Waals surface area contributed by atoms with Crippen molar-refractivity contribution in [3.63, 3.8) is 0 Å². The lowest BCUT2D eigenvalue weighted by molar-refractivity contribution is 0.356. The summed E-state index contributed by atoms with van der Waals surface area (Å²) in [6.07, 6.45) is 7.24. The second-order valence-electron chi connectivity index (χ2n) is 9.54. The number of hydrogen-bond donors (Lipinski definition) is 1. The minimum atomic E-state index is -0.218. The fourth-order valence-corrected chi connectivity index (χ4v) is 4.64. The van der Waals surface area contributed by atoms with Crippen molar-refractivity contribution in [2.24, 2.45) is 5.92 Å². The second-order valence-corrected chi connectivity index (χ2v) is 9.54. The number of nitrogens with one attached hydrogen (secondary N) is 1. The van der Waals surface area contributed by atoms with Crippen LogP contribution in [-0.2, 0) is 25.9 Å². The highest BCUT2D eigenvalue weighted by Gasteiger charge is 2.18. The molecule has 176 valence electrons. The summed E-state index contributed by atoms with van der Waals surface area (Å²) in [7, 11) is 0. The molecule has 5 heteroatoms. The number of nitrogens with zero attached hydrogens (tertiary/aromatic N) is 2. The van der Waals surface area contributed by atoms with E-state index in [9.17, 15) is 4.39 Å². The number of hydrogen-bond acceptors (Lipinski definition) is 3. The zero-order chi connectivity index (χ0) is 23.2. The predicted octanol–water partition coefficient (Wildman–Crippen LogP) is 6.17. The minimum Gasteiger partial charge on any atom is -0.493 e. The Balaban J connectivity index is 1.52. The van der Waals surface area contributed by atoms with E-state index in [1.165, 1.54) is 29.0 Å². The van der Waals surface area contributed by atoms with Crippen LogP contribution in [0.3, 0.4) is 0 Å². The molecular weight excluding hydrogens is 413 g/mol. The van der Waals surface area contributed by atoms with Gasteiger partial charge in [-0.25, -0.2) is 9.37 Å². The number of aromatic nitrogens is 2. The van der Waals surface area contributed by atoms with Gasteiger partial charge >= 0.3 is 0 Å². The van der Waals surface area contributed by atoms with Crippen LogP contribution in [0.4, 0.5) is 4.39 Å². The number of fused-ring (bicyclic) bond motifs is 1. The molecule has 33 heavy (non-hydrogen) atoms. The van der Waals surface area contributed by atoms with Crippen LogP contribution in [0.5, 0.6) is 5.75 Å². The first-order chi connectivity index (χ1) is 16.0. The molecule has 0 aliphatic carbocycles. The fraction of sp³-hybridized carbons (Fsp3) is 0.464. The molecule has 0 fully saturated rings. The Labute approximate surface area is 197 Å². The highest BCUT2D eigenvalue weighted by atomic mass is 19.1. The zero-order valence-electron chi connectivity index (χ0n) is 20.1. The Bertz CT molecular complexity index is 1040. The third kappa shape index (κ3) is 6.02. The Morgan fingerprint density at radius 1 is 1.15 bits per heavy atom. The normalized spacial score (nSPS) is 13.8. The molecule has 0 saturated heterocycles. The van der Waals surface area contributed by atoms with E-state index < -0.39 is 0 Å². The number of rotatable bonds is 11. The van der Waals surface area contributed by atoms with Gasteiger partial charge in [0.25, 0.3) is 0 Å². The molecule has 1 aromatic heterocycles. The van der Waals surface area contributed by atoms with Crippen molar-refractivity contribution in [3.05, 3.63) is 71.3 Å². The summed E-state index contributed by atoms with van der Waals surface area (Å²) >= 11 is 0. The highest BCUT2D eigenvalue weighted by molar-refractivity contribution is 5.56. The molecule has 1 atom stereocenters. The summed E-state index contributed by atoms with van der Waals surface area (Å²) in [6, 6.07) is 13.6. The molecule has 4 nitrogen and oxygen atoms in total. The van der Waals surface area contributed by atoms with Crippen LogP contribution in [0.25, 0.3) is 11.4 Å². The summed E-state index contributed by atoms with van der Waals surface area (Å²) in [4.78, 5) is 4.76. The van der Waals surface area contributed by atoms with Crippen molar-refractivity contribution in [3.8, 4) is 17.1 Å². The van der Waals surface area contributed by atoms with E-state index in [2.05, 4.69) is 48.9 Å². The van der Waals surface area contributed by atoms with Crippen molar-refractivity contribution < 1.29 is 9.13 Å². The van der Waals surface area contributed by atoms with Gasteiger partial charge in [0.05, 0.1) is 6.61 Å². The molecule has 1 aliphatic heterocycles. The van der Waals surface area contributed by atoms with Gasteiger partial charge in [-0.1, -0.05) is 39.3 Å². The van der Waals surface area contributed by atoms with E-state index in [1.807, 2.05) is 18.3 Å². The largest absolute Gasteiger partial charge is 0.493 e. The van der Waals surface area contributed by atoms with E-state index >= 15 is 0 Å².